The summed E-state index contributed by atoms with van der Waals surface area (Å²) >= 11 is 1.52. The smallest absolute Gasteiger partial charge is 0.233 e. The van der Waals surface area contributed by atoms with Crippen LogP contribution in [0.4, 0.5) is 0 Å². The molecule has 2 saturated carbocycles. The molecule has 2 fully saturated rings. The summed E-state index contributed by atoms with van der Waals surface area (Å²) in [5, 5.41) is 11.1. The summed E-state index contributed by atoms with van der Waals surface area (Å²) in [4.78, 5) is 18.9. The Morgan fingerprint density at radius 1 is 1.09 bits per heavy atom. The number of hydrogen-bond donors (Lipinski definition) is 1. The minimum atomic E-state index is 0.173. The van der Waals surface area contributed by atoms with Crippen molar-refractivity contribution in [2.24, 2.45) is 5.92 Å². The predicted octanol–water partition coefficient (Wildman–Crippen LogP) is 5.68. The number of nitrogens with one attached hydrogen (secondary N) is 1. The molecular weight excluding hydrogens is 442 g/mol. The summed E-state index contributed by atoms with van der Waals surface area (Å²) in [5.74, 6) is 2.07. The molecule has 2 aliphatic rings. The zero-order valence-corrected chi connectivity index (χ0v) is 20.2. The van der Waals surface area contributed by atoms with Crippen LogP contribution in [0.15, 0.2) is 66.0 Å². The first kappa shape index (κ1) is 21.5. The Morgan fingerprint density at radius 3 is 2.62 bits per heavy atom. The number of H-pyrrole nitrogens is 1. The molecule has 34 heavy (non-hydrogen) atoms. The summed E-state index contributed by atoms with van der Waals surface area (Å²) in [6.07, 6.45) is 6.72. The fourth-order valence-electron chi connectivity index (χ4n) is 4.76. The lowest BCUT2D eigenvalue weighted by Crippen LogP contribution is -2.40. The largest absolute Gasteiger partial charge is 0.360 e. The maximum atomic E-state index is 13.4. The number of para-hydroxylation sites is 1. The van der Waals surface area contributed by atoms with Crippen LogP contribution in [-0.4, -0.2) is 42.4 Å². The van der Waals surface area contributed by atoms with E-state index in [0.717, 1.165) is 40.3 Å². The van der Waals surface area contributed by atoms with E-state index in [0.29, 0.717) is 24.3 Å². The third kappa shape index (κ3) is 4.25. The fraction of sp³-hybridized carbons (Fsp3) is 0.370. The van der Waals surface area contributed by atoms with Gasteiger partial charge in [-0.05, 0) is 50.2 Å². The first-order valence-electron chi connectivity index (χ1n) is 12.2. The second-order valence-electron chi connectivity index (χ2n) is 9.53. The van der Waals surface area contributed by atoms with Crippen LogP contribution in [-0.2, 0) is 11.3 Å². The summed E-state index contributed by atoms with van der Waals surface area (Å²) < 4.78 is 2.25. The van der Waals surface area contributed by atoms with Gasteiger partial charge in [-0.1, -0.05) is 60.3 Å². The number of carbonyl (C=O) groups excluding carboxylic acids is 1. The highest BCUT2D eigenvalue weighted by molar-refractivity contribution is 7.99. The van der Waals surface area contributed by atoms with Crippen molar-refractivity contribution in [3.05, 3.63) is 66.4 Å². The first-order chi connectivity index (χ1) is 16.7. The number of hydrogen-bond acceptors (Lipinski definition) is 4. The van der Waals surface area contributed by atoms with Gasteiger partial charge < -0.3 is 9.88 Å². The number of rotatable bonds is 9. The van der Waals surface area contributed by atoms with Crippen LogP contribution in [0.2, 0.25) is 0 Å². The van der Waals surface area contributed by atoms with Crippen LogP contribution in [0.1, 0.15) is 44.2 Å². The monoisotopic (exact) mass is 471 g/mol. The van der Waals surface area contributed by atoms with Crippen molar-refractivity contribution in [1.29, 1.82) is 0 Å². The van der Waals surface area contributed by atoms with Gasteiger partial charge in [0.1, 0.15) is 0 Å². The molecule has 0 radical (unpaired) electrons. The zero-order chi connectivity index (χ0) is 23.1. The van der Waals surface area contributed by atoms with Crippen LogP contribution in [0.25, 0.3) is 22.3 Å². The lowest BCUT2D eigenvalue weighted by atomic mass is 10.1. The van der Waals surface area contributed by atoms with E-state index in [1.165, 1.54) is 30.2 Å². The van der Waals surface area contributed by atoms with E-state index in [1.54, 1.807) is 0 Å². The van der Waals surface area contributed by atoms with Gasteiger partial charge in [-0.25, -0.2) is 0 Å². The average molecular weight is 472 g/mol. The van der Waals surface area contributed by atoms with Crippen molar-refractivity contribution in [2.45, 2.75) is 56.4 Å². The van der Waals surface area contributed by atoms with Gasteiger partial charge in [0.25, 0.3) is 0 Å². The Morgan fingerprint density at radius 2 is 1.85 bits per heavy atom. The molecule has 6 nitrogen and oxygen atoms in total. The Kier molecular flexibility index (Phi) is 5.65. The molecule has 7 heteroatoms. The van der Waals surface area contributed by atoms with E-state index < -0.39 is 0 Å². The van der Waals surface area contributed by atoms with Crippen LogP contribution in [0, 0.1) is 5.92 Å². The molecule has 1 N–H and O–H groups in total. The van der Waals surface area contributed by atoms with Crippen molar-refractivity contribution in [2.75, 3.05) is 5.75 Å². The van der Waals surface area contributed by atoms with Gasteiger partial charge in [0, 0.05) is 41.3 Å². The molecule has 2 heterocycles. The molecule has 0 aliphatic heterocycles. The van der Waals surface area contributed by atoms with Crippen LogP contribution in [0.3, 0.4) is 0 Å². The Bertz CT molecular complexity index is 1310. The molecule has 1 amide bonds. The van der Waals surface area contributed by atoms with Gasteiger partial charge in [-0.15, -0.1) is 10.2 Å². The Balaban J connectivity index is 1.23. The normalized spacial score (nSPS) is 16.6. The van der Waals surface area contributed by atoms with Gasteiger partial charge in [0.05, 0.1) is 5.75 Å². The third-order valence-electron chi connectivity index (χ3n) is 7.04. The molecule has 2 aromatic heterocycles. The summed E-state index contributed by atoms with van der Waals surface area (Å²) in [7, 11) is 0. The Hall–Kier alpha value is -3.06. The van der Waals surface area contributed by atoms with Gasteiger partial charge in [-0.3, -0.25) is 9.36 Å². The van der Waals surface area contributed by atoms with Crippen molar-refractivity contribution >= 4 is 28.6 Å². The lowest BCUT2D eigenvalue weighted by molar-refractivity contribution is -0.131. The number of amides is 1. The number of thioether (sulfide) groups is 1. The molecule has 6 rings (SSSR count). The number of fused-ring (bicyclic) bond motifs is 1. The van der Waals surface area contributed by atoms with Crippen LogP contribution >= 0.6 is 11.8 Å². The summed E-state index contributed by atoms with van der Waals surface area (Å²) in [6.45, 7) is 2.86. The number of carbonyl (C=O) groups is 1. The number of aromatic nitrogens is 4. The van der Waals surface area contributed by atoms with Crippen LogP contribution < -0.4 is 0 Å². The molecule has 2 aliphatic carbocycles. The maximum absolute atomic E-state index is 13.4. The predicted molar refractivity (Wildman–Crippen MR) is 135 cm³/mol. The first-order valence-corrected chi connectivity index (χ1v) is 13.1. The van der Waals surface area contributed by atoms with Crippen molar-refractivity contribution in [3.63, 3.8) is 0 Å². The van der Waals surface area contributed by atoms with E-state index in [1.807, 2.05) is 36.5 Å². The lowest BCUT2D eigenvalue weighted by Gasteiger charge is -2.29. The quantitative estimate of drug-likeness (QED) is 0.319. The second-order valence-corrected chi connectivity index (χ2v) is 10.5. The minimum Gasteiger partial charge on any atom is -0.360 e. The summed E-state index contributed by atoms with van der Waals surface area (Å²) in [6, 6.07) is 19.3. The van der Waals surface area contributed by atoms with Crippen molar-refractivity contribution in [3.8, 4) is 11.4 Å². The molecule has 1 unspecified atom stereocenters. The highest BCUT2D eigenvalue weighted by atomic mass is 32.2. The van der Waals surface area contributed by atoms with E-state index in [-0.39, 0.29) is 11.9 Å². The maximum Gasteiger partial charge on any atom is 0.233 e. The molecule has 0 spiro atoms. The molecule has 0 bridgehead atoms. The molecule has 0 saturated heterocycles. The number of benzene rings is 2. The van der Waals surface area contributed by atoms with Crippen molar-refractivity contribution < 1.29 is 4.79 Å². The highest BCUT2D eigenvalue weighted by Crippen LogP contribution is 2.42. The zero-order valence-electron chi connectivity index (χ0n) is 19.4. The molecule has 4 aromatic rings. The van der Waals surface area contributed by atoms with Crippen molar-refractivity contribution in [1.82, 2.24) is 24.6 Å². The Labute approximate surface area is 203 Å². The molecule has 2 aromatic carbocycles. The van der Waals surface area contributed by atoms with Gasteiger partial charge in [-0.2, -0.15) is 0 Å². The number of aromatic amines is 1. The minimum absolute atomic E-state index is 0.173. The standard InChI is InChI=1S/C27H29N5OS/c1-18(20-11-12-20)31(16-19-7-3-2-4-8-19)25(33)17-34-27-30-29-26(32(27)21-13-14-21)23-15-28-24-10-6-5-9-22(23)24/h2-10,15,18,20-21,28H,11-14,16-17H2,1H3. The number of nitrogens with zero attached hydrogens (tertiary/aromatic N) is 4. The molecule has 1 atom stereocenters. The molecular formula is C27H29N5OS. The van der Waals surface area contributed by atoms with E-state index >= 15 is 0 Å². The fourth-order valence-corrected chi connectivity index (χ4v) is 5.65. The topological polar surface area (TPSA) is 66.8 Å². The van der Waals surface area contributed by atoms with Gasteiger partial charge in [0.15, 0.2) is 11.0 Å². The average Bonchev–Trinajstić information content (AvgIpc) is 3.80. The highest BCUT2D eigenvalue weighted by Gasteiger charge is 2.35. The second kappa shape index (κ2) is 8.95. The van der Waals surface area contributed by atoms with E-state index in [2.05, 4.69) is 55.8 Å². The SMILES string of the molecule is CC(C1CC1)N(Cc1ccccc1)C(=O)CSc1nnc(-c2c[nH]c3ccccc23)n1C1CC1. The molecule has 174 valence electrons. The summed E-state index contributed by atoms with van der Waals surface area (Å²) in [5.41, 5.74) is 3.34. The van der Waals surface area contributed by atoms with Gasteiger partial charge in [0.2, 0.25) is 5.91 Å². The van der Waals surface area contributed by atoms with E-state index in [9.17, 15) is 4.79 Å². The third-order valence-corrected chi connectivity index (χ3v) is 7.97. The van der Waals surface area contributed by atoms with E-state index in [4.69, 9.17) is 0 Å². The van der Waals surface area contributed by atoms with Gasteiger partial charge >= 0.3 is 0 Å². The van der Waals surface area contributed by atoms with Crippen LogP contribution in [0.5, 0.6) is 0 Å².